The molecule has 0 saturated carbocycles. The van der Waals surface area contributed by atoms with E-state index in [4.69, 9.17) is 0 Å². The van der Waals surface area contributed by atoms with E-state index in [1.165, 1.54) is 0 Å². The fourth-order valence-electron chi connectivity index (χ4n) is 2.57. The monoisotopic (exact) mass is 479 g/mol. The zero-order valence-electron chi connectivity index (χ0n) is 15.5. The number of hydrogen-bond acceptors (Lipinski definition) is 3. The molecule has 144 valence electrons. The third kappa shape index (κ3) is 6.70. The van der Waals surface area contributed by atoms with Crippen molar-refractivity contribution in [3.63, 3.8) is 0 Å². The van der Waals surface area contributed by atoms with Crippen molar-refractivity contribution in [1.29, 1.82) is 0 Å². The van der Waals surface area contributed by atoms with Gasteiger partial charge in [0.1, 0.15) is 0 Å². The van der Waals surface area contributed by atoms with Crippen molar-refractivity contribution in [1.82, 2.24) is 30.2 Å². The van der Waals surface area contributed by atoms with Crippen LogP contribution >= 0.6 is 24.0 Å². The number of aromatic nitrogens is 4. The predicted octanol–water partition coefficient (Wildman–Crippen LogP) is 2.83. The summed E-state index contributed by atoms with van der Waals surface area (Å²) in [7, 11) is 0. The number of rotatable bonds is 8. The quantitative estimate of drug-likeness (QED) is 0.226. The van der Waals surface area contributed by atoms with E-state index in [0.29, 0.717) is 6.54 Å². The molecule has 0 bridgehead atoms. The number of hydrogen-bond donors (Lipinski definition) is 2. The largest absolute Gasteiger partial charge is 0.357 e. The highest BCUT2D eigenvalue weighted by atomic mass is 127. The van der Waals surface area contributed by atoms with Crippen LogP contribution in [0.4, 0.5) is 0 Å². The molecule has 3 aromatic rings. The topological polar surface area (TPSA) is 72.1 Å². The van der Waals surface area contributed by atoms with E-state index in [9.17, 15) is 0 Å². The van der Waals surface area contributed by atoms with Gasteiger partial charge in [0.05, 0.1) is 12.2 Å². The van der Waals surface area contributed by atoms with Crippen LogP contribution in [-0.4, -0.2) is 38.6 Å². The van der Waals surface area contributed by atoms with Crippen LogP contribution in [0.25, 0.3) is 5.69 Å². The summed E-state index contributed by atoms with van der Waals surface area (Å²) in [4.78, 5) is 4.66. The second-order valence-electron chi connectivity index (χ2n) is 5.86. The van der Waals surface area contributed by atoms with Crippen molar-refractivity contribution in [2.75, 3.05) is 13.1 Å². The zero-order chi connectivity index (χ0) is 18.0. The predicted molar refractivity (Wildman–Crippen MR) is 119 cm³/mol. The average molecular weight is 479 g/mol. The standard InChI is InChI=1S/C19H25N7.HI/c1-2-20-19(21-10-3-13-25-14-4-11-23-25)22-16-17-6-8-18(9-7-17)26-15-5-12-24-26;/h4-9,11-12,14-15H,2-3,10,13,16H2,1H3,(H2,20,21,22);1H. The normalized spacial score (nSPS) is 11.1. The molecule has 8 heteroatoms. The lowest BCUT2D eigenvalue weighted by Gasteiger charge is -2.11. The van der Waals surface area contributed by atoms with Crippen molar-refractivity contribution in [3.05, 3.63) is 66.7 Å². The molecule has 0 atom stereocenters. The molecule has 1 aromatic carbocycles. The number of aliphatic imine (C=N–C) groups is 1. The second kappa shape index (κ2) is 11.4. The molecule has 27 heavy (non-hydrogen) atoms. The summed E-state index contributed by atoms with van der Waals surface area (Å²) in [5.74, 6) is 0.837. The minimum Gasteiger partial charge on any atom is -0.357 e. The molecular weight excluding hydrogens is 453 g/mol. The molecule has 0 amide bonds. The summed E-state index contributed by atoms with van der Waals surface area (Å²) in [6, 6.07) is 12.1. The Balaban J connectivity index is 0.00000261. The van der Waals surface area contributed by atoms with E-state index in [1.54, 1.807) is 12.4 Å². The van der Waals surface area contributed by atoms with Gasteiger partial charge < -0.3 is 10.6 Å². The summed E-state index contributed by atoms with van der Waals surface area (Å²) < 4.78 is 3.78. The van der Waals surface area contributed by atoms with Crippen LogP contribution < -0.4 is 10.6 Å². The lowest BCUT2D eigenvalue weighted by atomic mass is 10.2. The van der Waals surface area contributed by atoms with Gasteiger partial charge in [0.2, 0.25) is 0 Å². The zero-order valence-corrected chi connectivity index (χ0v) is 17.8. The van der Waals surface area contributed by atoms with Crippen LogP contribution in [-0.2, 0) is 13.1 Å². The second-order valence-corrected chi connectivity index (χ2v) is 5.86. The summed E-state index contributed by atoms with van der Waals surface area (Å²) in [5.41, 5.74) is 2.21. The summed E-state index contributed by atoms with van der Waals surface area (Å²) >= 11 is 0. The fourth-order valence-corrected chi connectivity index (χ4v) is 2.57. The Hall–Kier alpha value is -2.36. The van der Waals surface area contributed by atoms with Crippen LogP contribution in [0, 0.1) is 0 Å². The molecule has 2 aromatic heterocycles. The molecule has 0 unspecified atom stereocenters. The minimum absolute atomic E-state index is 0. The smallest absolute Gasteiger partial charge is 0.191 e. The van der Waals surface area contributed by atoms with Gasteiger partial charge in [-0.3, -0.25) is 4.68 Å². The first-order chi connectivity index (χ1) is 12.8. The third-order valence-corrected chi connectivity index (χ3v) is 3.88. The van der Waals surface area contributed by atoms with Gasteiger partial charge in [-0.05, 0) is 43.2 Å². The van der Waals surface area contributed by atoms with E-state index in [2.05, 4.69) is 57.0 Å². The van der Waals surface area contributed by atoms with Gasteiger partial charge in [-0.1, -0.05) is 12.1 Å². The van der Waals surface area contributed by atoms with Gasteiger partial charge in [-0.2, -0.15) is 10.2 Å². The highest BCUT2D eigenvalue weighted by Crippen LogP contribution is 2.09. The molecule has 0 aliphatic heterocycles. The third-order valence-electron chi connectivity index (χ3n) is 3.88. The van der Waals surface area contributed by atoms with E-state index in [1.807, 2.05) is 33.9 Å². The van der Waals surface area contributed by atoms with Crippen molar-refractivity contribution in [3.8, 4) is 5.69 Å². The number of nitrogens with one attached hydrogen (secondary N) is 2. The highest BCUT2D eigenvalue weighted by Gasteiger charge is 2.00. The summed E-state index contributed by atoms with van der Waals surface area (Å²) in [5, 5.41) is 15.1. The first-order valence-corrected chi connectivity index (χ1v) is 8.93. The first-order valence-electron chi connectivity index (χ1n) is 8.93. The van der Waals surface area contributed by atoms with E-state index in [-0.39, 0.29) is 24.0 Å². The SMILES string of the molecule is CCNC(=NCc1ccc(-n2cccn2)cc1)NCCCn1cccn1.I. The van der Waals surface area contributed by atoms with Crippen LogP contribution in [0.2, 0.25) is 0 Å². The molecule has 0 radical (unpaired) electrons. The maximum absolute atomic E-state index is 4.66. The molecule has 0 spiro atoms. The van der Waals surface area contributed by atoms with Crippen molar-refractivity contribution in [2.45, 2.75) is 26.4 Å². The summed E-state index contributed by atoms with van der Waals surface area (Å²) in [6.07, 6.45) is 8.48. The molecule has 2 heterocycles. The van der Waals surface area contributed by atoms with E-state index < -0.39 is 0 Å². The Morgan fingerprint density at radius 3 is 2.48 bits per heavy atom. The Kier molecular flexibility index (Phi) is 8.82. The Morgan fingerprint density at radius 2 is 1.81 bits per heavy atom. The lowest BCUT2D eigenvalue weighted by Crippen LogP contribution is -2.38. The lowest BCUT2D eigenvalue weighted by molar-refractivity contribution is 0.570. The van der Waals surface area contributed by atoms with Gasteiger partial charge in [-0.25, -0.2) is 9.67 Å². The average Bonchev–Trinajstić information content (AvgIpc) is 3.37. The molecule has 0 aliphatic rings. The van der Waals surface area contributed by atoms with Gasteiger partial charge >= 0.3 is 0 Å². The molecule has 7 nitrogen and oxygen atoms in total. The minimum atomic E-state index is 0. The fraction of sp³-hybridized carbons (Fsp3) is 0.316. The van der Waals surface area contributed by atoms with Crippen LogP contribution in [0.5, 0.6) is 0 Å². The Morgan fingerprint density at radius 1 is 1.04 bits per heavy atom. The number of halogens is 1. The first kappa shape index (κ1) is 20.9. The van der Waals surface area contributed by atoms with Crippen LogP contribution in [0.15, 0.2) is 66.2 Å². The maximum atomic E-state index is 4.66. The Bertz CT molecular complexity index is 780. The van der Waals surface area contributed by atoms with Gasteiger partial charge in [0.25, 0.3) is 0 Å². The van der Waals surface area contributed by atoms with Gasteiger partial charge in [0, 0.05) is 44.4 Å². The molecule has 0 fully saturated rings. The molecule has 0 saturated heterocycles. The van der Waals surface area contributed by atoms with Crippen molar-refractivity contribution in [2.24, 2.45) is 4.99 Å². The van der Waals surface area contributed by atoms with Crippen LogP contribution in [0.1, 0.15) is 18.9 Å². The van der Waals surface area contributed by atoms with E-state index >= 15 is 0 Å². The van der Waals surface area contributed by atoms with E-state index in [0.717, 1.165) is 43.3 Å². The van der Waals surface area contributed by atoms with Gasteiger partial charge in [0.15, 0.2) is 5.96 Å². The number of aryl methyl sites for hydroxylation is 1. The van der Waals surface area contributed by atoms with Crippen molar-refractivity contribution >= 4 is 29.9 Å². The van der Waals surface area contributed by atoms with Gasteiger partial charge in [-0.15, -0.1) is 24.0 Å². The number of guanidine groups is 1. The molecule has 3 rings (SSSR count). The van der Waals surface area contributed by atoms with Crippen molar-refractivity contribution < 1.29 is 0 Å². The Labute approximate surface area is 176 Å². The molecule has 2 N–H and O–H groups in total. The molecular formula is C19H26IN7. The number of nitrogens with zero attached hydrogens (tertiary/aromatic N) is 5. The number of benzene rings is 1. The van der Waals surface area contributed by atoms with Crippen LogP contribution in [0.3, 0.4) is 0 Å². The maximum Gasteiger partial charge on any atom is 0.191 e. The highest BCUT2D eigenvalue weighted by molar-refractivity contribution is 14.0. The summed E-state index contributed by atoms with van der Waals surface area (Å²) in [6.45, 7) is 5.29. The molecule has 0 aliphatic carbocycles.